The summed E-state index contributed by atoms with van der Waals surface area (Å²) in [6.45, 7) is 1.92. The lowest BCUT2D eigenvalue weighted by molar-refractivity contribution is -0.124. The second-order valence-electron chi connectivity index (χ2n) is 2.44. The van der Waals surface area contributed by atoms with E-state index in [1.807, 2.05) is 0 Å². The van der Waals surface area contributed by atoms with Crippen molar-refractivity contribution < 1.29 is 9.90 Å². The van der Waals surface area contributed by atoms with Gasteiger partial charge in [-0.2, -0.15) is 0 Å². The molecule has 1 N–H and O–H groups in total. The molecule has 3 nitrogen and oxygen atoms in total. The van der Waals surface area contributed by atoms with Crippen molar-refractivity contribution in [2.45, 2.75) is 6.42 Å². The number of hydrogen-bond acceptors (Lipinski definition) is 2. The molecule has 0 aromatic rings. The lowest BCUT2D eigenvalue weighted by Crippen LogP contribution is -2.45. The molecule has 0 aromatic carbocycles. The molecule has 0 atom stereocenters. The summed E-state index contributed by atoms with van der Waals surface area (Å²) >= 11 is 0. The van der Waals surface area contributed by atoms with Gasteiger partial charge in [-0.15, -0.1) is 0 Å². The molecule has 0 aromatic heterocycles. The predicted molar refractivity (Wildman–Crippen MR) is 32.8 cm³/mol. The lowest BCUT2D eigenvalue weighted by atomic mass is 9.98. The number of aliphatic hydroxyl groups is 1. The first kappa shape index (κ1) is 6.55. The van der Waals surface area contributed by atoms with Crippen molar-refractivity contribution in [3.63, 3.8) is 0 Å². The first-order valence-corrected chi connectivity index (χ1v) is 3.17. The maximum atomic E-state index is 10.0. The smallest absolute Gasteiger partial charge is 0.209 e. The van der Waals surface area contributed by atoms with E-state index in [1.165, 1.54) is 0 Å². The highest BCUT2D eigenvalue weighted by molar-refractivity contribution is 5.48. The van der Waals surface area contributed by atoms with Gasteiger partial charge in [0.1, 0.15) is 0 Å². The Morgan fingerprint density at radius 2 is 2.33 bits per heavy atom. The molecule has 0 unspecified atom stereocenters. The molecule has 52 valence electrons. The van der Waals surface area contributed by atoms with E-state index in [9.17, 15) is 4.79 Å². The molecule has 0 spiro atoms. The van der Waals surface area contributed by atoms with Crippen molar-refractivity contribution in [2.24, 2.45) is 5.92 Å². The predicted octanol–water partition coefficient (Wildman–Crippen LogP) is -0.543. The van der Waals surface area contributed by atoms with Crippen molar-refractivity contribution in [2.75, 3.05) is 19.7 Å². The van der Waals surface area contributed by atoms with E-state index < -0.39 is 0 Å². The molecule has 0 radical (unpaired) electrons. The Morgan fingerprint density at radius 1 is 1.67 bits per heavy atom. The minimum atomic E-state index is 0.247. The maximum absolute atomic E-state index is 10.0. The van der Waals surface area contributed by atoms with Gasteiger partial charge in [-0.05, 0) is 12.3 Å². The summed E-state index contributed by atoms with van der Waals surface area (Å²) in [5, 5.41) is 8.45. The molecule has 1 aliphatic heterocycles. The fourth-order valence-corrected chi connectivity index (χ4v) is 1.06. The zero-order valence-corrected chi connectivity index (χ0v) is 5.29. The maximum Gasteiger partial charge on any atom is 0.209 e. The van der Waals surface area contributed by atoms with Crippen molar-refractivity contribution in [3.8, 4) is 0 Å². The third-order valence-corrected chi connectivity index (χ3v) is 1.67. The summed E-state index contributed by atoms with van der Waals surface area (Å²) in [4.78, 5) is 11.7. The van der Waals surface area contributed by atoms with Crippen LogP contribution in [0.2, 0.25) is 0 Å². The Hall–Kier alpha value is -0.570. The van der Waals surface area contributed by atoms with Gasteiger partial charge < -0.3 is 10.0 Å². The van der Waals surface area contributed by atoms with Gasteiger partial charge in [0, 0.05) is 19.7 Å². The number of aliphatic hydroxyl groups excluding tert-OH is 1. The van der Waals surface area contributed by atoms with Gasteiger partial charge >= 0.3 is 0 Å². The van der Waals surface area contributed by atoms with E-state index in [0.717, 1.165) is 25.9 Å². The summed E-state index contributed by atoms with van der Waals surface area (Å²) in [7, 11) is 0. The van der Waals surface area contributed by atoms with Gasteiger partial charge in [0.2, 0.25) is 6.41 Å². The second kappa shape index (κ2) is 2.82. The van der Waals surface area contributed by atoms with Crippen LogP contribution in [0.1, 0.15) is 6.42 Å². The highest BCUT2D eigenvalue weighted by atomic mass is 16.3. The molecule has 1 rings (SSSR count). The summed E-state index contributed by atoms with van der Waals surface area (Å²) in [6, 6.07) is 0. The van der Waals surface area contributed by atoms with Crippen molar-refractivity contribution in [1.29, 1.82) is 0 Å². The molecule has 1 aliphatic rings. The van der Waals surface area contributed by atoms with Crippen LogP contribution in [-0.4, -0.2) is 36.1 Å². The number of likely N-dealkylation sites (tertiary alicyclic amines) is 1. The van der Waals surface area contributed by atoms with Crippen LogP contribution in [0.4, 0.5) is 0 Å². The first-order valence-electron chi connectivity index (χ1n) is 3.17. The molecule has 0 bridgehead atoms. The van der Waals surface area contributed by atoms with E-state index in [0.29, 0.717) is 5.92 Å². The van der Waals surface area contributed by atoms with Gasteiger partial charge in [0.15, 0.2) is 0 Å². The third-order valence-electron chi connectivity index (χ3n) is 1.67. The highest BCUT2D eigenvalue weighted by Crippen LogP contribution is 2.15. The van der Waals surface area contributed by atoms with Crippen LogP contribution in [0.25, 0.3) is 0 Å². The zero-order valence-electron chi connectivity index (χ0n) is 5.29. The molecule has 3 heteroatoms. The van der Waals surface area contributed by atoms with E-state index in [4.69, 9.17) is 5.11 Å². The van der Waals surface area contributed by atoms with Crippen LogP contribution in [0.3, 0.4) is 0 Å². The molecule has 9 heavy (non-hydrogen) atoms. The first-order chi connectivity index (χ1) is 4.36. The Bertz CT molecular complexity index is 99.2. The Labute approximate surface area is 54.3 Å². The van der Waals surface area contributed by atoms with Gasteiger partial charge in [-0.1, -0.05) is 0 Å². The quantitative estimate of drug-likeness (QED) is 0.520. The number of carbonyl (C=O) groups excluding carboxylic acids is 1. The number of rotatable bonds is 3. The van der Waals surface area contributed by atoms with Gasteiger partial charge in [0.25, 0.3) is 0 Å². The number of hydrogen-bond donors (Lipinski definition) is 1. The average molecular weight is 129 g/mol. The van der Waals surface area contributed by atoms with Gasteiger partial charge in [-0.3, -0.25) is 4.79 Å². The lowest BCUT2D eigenvalue weighted by Gasteiger charge is -2.35. The monoisotopic (exact) mass is 129 g/mol. The third kappa shape index (κ3) is 1.42. The average Bonchev–Trinajstić information content (AvgIpc) is 1.77. The molecular formula is C6H11NO2. The largest absolute Gasteiger partial charge is 0.396 e. The SMILES string of the molecule is O=CN1CC(CCO)C1. The molecule has 0 aliphatic carbocycles. The Kier molecular flexibility index (Phi) is 2.05. The Balaban J connectivity index is 2.04. The summed E-state index contributed by atoms with van der Waals surface area (Å²) in [5.41, 5.74) is 0. The normalized spacial score (nSPS) is 19.4. The van der Waals surface area contributed by atoms with Gasteiger partial charge in [-0.25, -0.2) is 0 Å². The molecule has 1 saturated heterocycles. The Morgan fingerprint density at radius 3 is 2.78 bits per heavy atom. The zero-order chi connectivity index (χ0) is 6.69. The van der Waals surface area contributed by atoms with E-state index in [1.54, 1.807) is 4.90 Å². The fraction of sp³-hybridized carbons (Fsp3) is 0.833. The number of amides is 1. The summed E-state index contributed by atoms with van der Waals surface area (Å²) in [5.74, 6) is 0.556. The number of nitrogens with zero attached hydrogens (tertiary/aromatic N) is 1. The minimum absolute atomic E-state index is 0.247. The summed E-state index contributed by atoms with van der Waals surface area (Å²) in [6.07, 6.45) is 1.69. The minimum Gasteiger partial charge on any atom is -0.396 e. The van der Waals surface area contributed by atoms with Gasteiger partial charge in [0.05, 0.1) is 0 Å². The topological polar surface area (TPSA) is 40.5 Å². The number of carbonyl (C=O) groups is 1. The van der Waals surface area contributed by atoms with Crippen LogP contribution in [0.15, 0.2) is 0 Å². The van der Waals surface area contributed by atoms with Crippen LogP contribution < -0.4 is 0 Å². The second-order valence-corrected chi connectivity index (χ2v) is 2.44. The van der Waals surface area contributed by atoms with Crippen LogP contribution in [-0.2, 0) is 4.79 Å². The van der Waals surface area contributed by atoms with Crippen LogP contribution >= 0.6 is 0 Å². The van der Waals surface area contributed by atoms with Crippen LogP contribution in [0, 0.1) is 5.92 Å². The van der Waals surface area contributed by atoms with E-state index >= 15 is 0 Å². The van der Waals surface area contributed by atoms with E-state index in [-0.39, 0.29) is 6.61 Å². The molecule has 1 heterocycles. The van der Waals surface area contributed by atoms with Crippen molar-refractivity contribution in [3.05, 3.63) is 0 Å². The van der Waals surface area contributed by atoms with Crippen molar-refractivity contribution >= 4 is 6.41 Å². The molecular weight excluding hydrogens is 118 g/mol. The molecule has 0 saturated carbocycles. The standard InChI is InChI=1S/C6H11NO2/c8-2-1-6-3-7(4-6)5-9/h5-6,8H,1-4H2. The molecule has 1 fully saturated rings. The molecule has 1 amide bonds. The highest BCUT2D eigenvalue weighted by Gasteiger charge is 2.23. The van der Waals surface area contributed by atoms with Crippen LogP contribution in [0.5, 0.6) is 0 Å². The fourth-order valence-electron chi connectivity index (χ4n) is 1.06. The van der Waals surface area contributed by atoms with E-state index in [2.05, 4.69) is 0 Å². The van der Waals surface area contributed by atoms with Crippen molar-refractivity contribution in [1.82, 2.24) is 4.90 Å². The summed E-state index contributed by atoms with van der Waals surface area (Å²) < 4.78 is 0.